The highest BCUT2D eigenvalue weighted by atomic mass is 16.6. The Balaban J connectivity index is 2.49. The standard InChI is InChI=1S/C12H23NO3/c1-9-8-13(6-7-15-9)10(2)11(14)16-12(3,4)5/h9-10H,6-8H2,1-5H3. The highest BCUT2D eigenvalue weighted by Crippen LogP contribution is 2.13. The first-order valence-corrected chi connectivity index (χ1v) is 5.88. The fourth-order valence-electron chi connectivity index (χ4n) is 1.73. The Morgan fingerprint density at radius 3 is 2.62 bits per heavy atom. The molecule has 0 aromatic carbocycles. The van der Waals surface area contributed by atoms with Gasteiger partial charge >= 0.3 is 5.97 Å². The van der Waals surface area contributed by atoms with E-state index in [1.54, 1.807) is 0 Å². The predicted molar refractivity (Wildman–Crippen MR) is 62.3 cm³/mol. The molecule has 2 unspecified atom stereocenters. The van der Waals surface area contributed by atoms with E-state index in [4.69, 9.17) is 9.47 Å². The molecule has 0 aromatic heterocycles. The Kier molecular flexibility index (Phi) is 4.33. The quantitative estimate of drug-likeness (QED) is 0.672. The maximum atomic E-state index is 11.9. The Bertz CT molecular complexity index is 247. The monoisotopic (exact) mass is 229 g/mol. The molecule has 1 saturated heterocycles. The summed E-state index contributed by atoms with van der Waals surface area (Å²) in [5.74, 6) is -0.151. The lowest BCUT2D eigenvalue weighted by molar-refractivity contribution is -0.163. The van der Waals surface area contributed by atoms with Crippen LogP contribution in [0.25, 0.3) is 0 Å². The van der Waals surface area contributed by atoms with Crippen molar-refractivity contribution in [2.75, 3.05) is 19.7 Å². The lowest BCUT2D eigenvalue weighted by atomic mass is 10.1. The van der Waals surface area contributed by atoms with Crippen LogP contribution in [0, 0.1) is 0 Å². The van der Waals surface area contributed by atoms with Crippen molar-refractivity contribution in [3.8, 4) is 0 Å². The molecule has 16 heavy (non-hydrogen) atoms. The first-order valence-electron chi connectivity index (χ1n) is 5.88. The minimum Gasteiger partial charge on any atom is -0.459 e. The zero-order valence-electron chi connectivity index (χ0n) is 10.9. The van der Waals surface area contributed by atoms with Gasteiger partial charge in [0.05, 0.1) is 12.7 Å². The fraction of sp³-hybridized carbons (Fsp3) is 0.917. The summed E-state index contributed by atoms with van der Waals surface area (Å²) in [7, 11) is 0. The molecular weight excluding hydrogens is 206 g/mol. The van der Waals surface area contributed by atoms with Gasteiger partial charge in [-0.05, 0) is 34.6 Å². The smallest absolute Gasteiger partial charge is 0.323 e. The lowest BCUT2D eigenvalue weighted by Crippen LogP contribution is -2.50. The van der Waals surface area contributed by atoms with Gasteiger partial charge in [0.2, 0.25) is 0 Å². The number of carbonyl (C=O) groups is 1. The van der Waals surface area contributed by atoms with Crippen LogP contribution in [0.1, 0.15) is 34.6 Å². The van der Waals surface area contributed by atoms with Gasteiger partial charge in [0, 0.05) is 13.1 Å². The van der Waals surface area contributed by atoms with Crippen LogP contribution in [0.4, 0.5) is 0 Å². The van der Waals surface area contributed by atoms with E-state index in [2.05, 4.69) is 4.90 Å². The zero-order chi connectivity index (χ0) is 12.3. The Morgan fingerprint density at radius 1 is 1.50 bits per heavy atom. The van der Waals surface area contributed by atoms with Crippen LogP contribution in [-0.2, 0) is 14.3 Å². The first-order chi connectivity index (χ1) is 7.29. The zero-order valence-corrected chi connectivity index (χ0v) is 10.9. The van der Waals surface area contributed by atoms with Gasteiger partial charge in [-0.3, -0.25) is 9.69 Å². The molecule has 0 N–H and O–H groups in total. The van der Waals surface area contributed by atoms with E-state index in [-0.39, 0.29) is 18.1 Å². The van der Waals surface area contributed by atoms with Crippen molar-refractivity contribution in [1.82, 2.24) is 4.90 Å². The summed E-state index contributed by atoms with van der Waals surface area (Å²) in [6.07, 6.45) is 0.193. The summed E-state index contributed by atoms with van der Waals surface area (Å²) in [6, 6.07) is -0.189. The van der Waals surface area contributed by atoms with Crippen LogP contribution in [0.15, 0.2) is 0 Å². The molecule has 2 atom stereocenters. The number of rotatable bonds is 2. The van der Waals surface area contributed by atoms with E-state index < -0.39 is 5.60 Å². The number of nitrogens with zero attached hydrogens (tertiary/aromatic N) is 1. The third-order valence-electron chi connectivity index (χ3n) is 2.57. The van der Waals surface area contributed by atoms with E-state index in [0.29, 0.717) is 6.61 Å². The fourth-order valence-corrected chi connectivity index (χ4v) is 1.73. The largest absolute Gasteiger partial charge is 0.459 e. The van der Waals surface area contributed by atoms with Crippen molar-refractivity contribution in [2.45, 2.75) is 52.4 Å². The third-order valence-corrected chi connectivity index (χ3v) is 2.57. The van der Waals surface area contributed by atoms with Gasteiger partial charge in [-0.2, -0.15) is 0 Å². The molecule has 0 aliphatic carbocycles. The van der Waals surface area contributed by atoms with E-state index in [0.717, 1.165) is 13.1 Å². The van der Waals surface area contributed by atoms with E-state index in [9.17, 15) is 4.79 Å². The minimum absolute atomic E-state index is 0.151. The molecular formula is C12H23NO3. The van der Waals surface area contributed by atoms with Gasteiger partial charge in [-0.1, -0.05) is 0 Å². The number of hydrogen-bond acceptors (Lipinski definition) is 4. The SMILES string of the molecule is CC1CN(C(C)C(=O)OC(C)(C)C)CCO1. The van der Waals surface area contributed by atoms with Crippen molar-refractivity contribution < 1.29 is 14.3 Å². The lowest BCUT2D eigenvalue weighted by Gasteiger charge is -2.35. The van der Waals surface area contributed by atoms with Crippen LogP contribution in [0.5, 0.6) is 0 Å². The van der Waals surface area contributed by atoms with Crippen molar-refractivity contribution in [1.29, 1.82) is 0 Å². The van der Waals surface area contributed by atoms with Gasteiger partial charge in [0.15, 0.2) is 0 Å². The molecule has 1 aliphatic heterocycles. The van der Waals surface area contributed by atoms with E-state index >= 15 is 0 Å². The third kappa shape index (κ3) is 4.10. The summed E-state index contributed by atoms with van der Waals surface area (Å²) in [5.41, 5.74) is -0.413. The molecule has 1 heterocycles. The molecule has 94 valence electrons. The molecule has 4 heteroatoms. The summed E-state index contributed by atoms with van der Waals surface area (Å²) >= 11 is 0. The van der Waals surface area contributed by atoms with Crippen LogP contribution in [0.2, 0.25) is 0 Å². The van der Waals surface area contributed by atoms with Crippen LogP contribution in [0.3, 0.4) is 0 Å². The molecule has 4 nitrogen and oxygen atoms in total. The van der Waals surface area contributed by atoms with Crippen LogP contribution in [-0.4, -0.2) is 48.3 Å². The van der Waals surface area contributed by atoms with Gasteiger partial charge in [-0.15, -0.1) is 0 Å². The molecule has 1 fully saturated rings. The van der Waals surface area contributed by atoms with Gasteiger partial charge in [0.1, 0.15) is 11.6 Å². The molecule has 0 spiro atoms. The number of esters is 1. The maximum Gasteiger partial charge on any atom is 0.323 e. The number of ether oxygens (including phenoxy) is 2. The molecule has 1 rings (SSSR count). The maximum absolute atomic E-state index is 11.9. The second-order valence-electron chi connectivity index (χ2n) is 5.39. The second-order valence-corrected chi connectivity index (χ2v) is 5.39. The minimum atomic E-state index is -0.413. The van der Waals surface area contributed by atoms with Gasteiger partial charge < -0.3 is 9.47 Å². The molecule has 0 bridgehead atoms. The summed E-state index contributed by atoms with van der Waals surface area (Å²) in [4.78, 5) is 14.0. The van der Waals surface area contributed by atoms with Crippen molar-refractivity contribution in [3.63, 3.8) is 0 Å². The summed E-state index contributed by atoms with van der Waals surface area (Å²) in [5, 5.41) is 0. The molecule has 0 aromatic rings. The van der Waals surface area contributed by atoms with E-state index in [1.807, 2.05) is 34.6 Å². The first kappa shape index (κ1) is 13.5. The molecule has 0 amide bonds. The number of hydrogen-bond donors (Lipinski definition) is 0. The second kappa shape index (κ2) is 5.15. The average molecular weight is 229 g/mol. The Hall–Kier alpha value is -0.610. The topological polar surface area (TPSA) is 38.8 Å². The van der Waals surface area contributed by atoms with Crippen molar-refractivity contribution >= 4 is 5.97 Å². The van der Waals surface area contributed by atoms with Gasteiger partial charge in [-0.25, -0.2) is 0 Å². The number of carbonyl (C=O) groups excluding carboxylic acids is 1. The molecule has 0 radical (unpaired) electrons. The highest BCUT2D eigenvalue weighted by Gasteiger charge is 2.29. The van der Waals surface area contributed by atoms with Crippen LogP contribution < -0.4 is 0 Å². The van der Waals surface area contributed by atoms with Crippen molar-refractivity contribution in [2.24, 2.45) is 0 Å². The van der Waals surface area contributed by atoms with Crippen LogP contribution >= 0.6 is 0 Å². The summed E-state index contributed by atoms with van der Waals surface area (Å²) in [6.45, 7) is 11.9. The van der Waals surface area contributed by atoms with Crippen molar-refractivity contribution in [3.05, 3.63) is 0 Å². The molecule has 0 saturated carbocycles. The highest BCUT2D eigenvalue weighted by molar-refractivity contribution is 5.75. The van der Waals surface area contributed by atoms with Gasteiger partial charge in [0.25, 0.3) is 0 Å². The Labute approximate surface area is 97.9 Å². The Morgan fingerprint density at radius 2 is 2.12 bits per heavy atom. The number of morpholine rings is 1. The average Bonchev–Trinajstić information content (AvgIpc) is 2.14. The summed E-state index contributed by atoms with van der Waals surface area (Å²) < 4.78 is 10.8. The molecule has 1 aliphatic rings. The van der Waals surface area contributed by atoms with E-state index in [1.165, 1.54) is 0 Å². The normalized spacial score (nSPS) is 25.2. The predicted octanol–water partition coefficient (Wildman–Crippen LogP) is 1.44.